The minimum absolute atomic E-state index is 0.0799. The zero-order chi connectivity index (χ0) is 13.3. The molecule has 1 aliphatic rings. The highest BCUT2D eigenvalue weighted by Gasteiger charge is 2.33. The fourth-order valence-electron chi connectivity index (χ4n) is 2.14. The zero-order valence-electron chi connectivity index (χ0n) is 10.5. The molecule has 1 heterocycles. The fraction of sp³-hybridized carbons (Fsp3) is 0.385. The Hall–Kier alpha value is -1.88. The molecule has 0 fully saturated rings. The van der Waals surface area contributed by atoms with E-state index in [1.165, 1.54) is 0 Å². The number of hydrazone groups is 1. The van der Waals surface area contributed by atoms with Crippen LogP contribution in [0.4, 0.5) is 5.69 Å². The van der Waals surface area contributed by atoms with Gasteiger partial charge in [-0.2, -0.15) is 5.10 Å². The second kappa shape index (κ2) is 4.42. The van der Waals surface area contributed by atoms with Crippen LogP contribution in [0.1, 0.15) is 31.4 Å². The molecule has 0 saturated heterocycles. The molecule has 0 saturated carbocycles. The Balaban J connectivity index is 2.42. The summed E-state index contributed by atoms with van der Waals surface area (Å²) in [6.45, 7) is 3.86. The van der Waals surface area contributed by atoms with Gasteiger partial charge >= 0.3 is 0 Å². The summed E-state index contributed by atoms with van der Waals surface area (Å²) in [5.74, 6) is -0.0799. The molecule has 96 valence electrons. The molecule has 0 unspecified atom stereocenters. The monoisotopic (exact) mass is 247 g/mol. The van der Waals surface area contributed by atoms with Gasteiger partial charge in [0.15, 0.2) is 0 Å². The van der Waals surface area contributed by atoms with Gasteiger partial charge in [0.2, 0.25) is 5.91 Å². The van der Waals surface area contributed by atoms with Gasteiger partial charge in [0, 0.05) is 28.7 Å². The lowest BCUT2D eigenvalue weighted by molar-refractivity contribution is -0.122. The largest absolute Gasteiger partial charge is 0.398 e. The van der Waals surface area contributed by atoms with E-state index in [4.69, 9.17) is 10.8 Å². The van der Waals surface area contributed by atoms with Crippen molar-refractivity contribution >= 4 is 17.3 Å². The molecule has 2 rings (SSSR count). The number of nitrogens with zero attached hydrogens (tertiary/aromatic N) is 1. The maximum atomic E-state index is 11.3. The summed E-state index contributed by atoms with van der Waals surface area (Å²) < 4.78 is 0. The molecule has 0 radical (unpaired) electrons. The third-order valence-electron chi connectivity index (χ3n) is 3.13. The molecular weight excluding hydrogens is 230 g/mol. The lowest BCUT2D eigenvalue weighted by Gasteiger charge is -2.29. The first-order valence-corrected chi connectivity index (χ1v) is 5.80. The highest BCUT2D eigenvalue weighted by atomic mass is 16.3. The van der Waals surface area contributed by atoms with Gasteiger partial charge in [0.25, 0.3) is 0 Å². The average molecular weight is 247 g/mol. The molecule has 0 spiro atoms. The van der Waals surface area contributed by atoms with Crippen molar-refractivity contribution in [3.8, 4) is 0 Å². The number of carbonyl (C=O) groups excluding carboxylic acids is 1. The Labute approximate surface area is 106 Å². The fourth-order valence-corrected chi connectivity index (χ4v) is 2.14. The molecule has 1 aromatic rings. The molecule has 4 N–H and O–H groups in total. The summed E-state index contributed by atoms with van der Waals surface area (Å²) in [5.41, 5.74) is 10.9. The number of anilines is 1. The van der Waals surface area contributed by atoms with E-state index in [0.717, 1.165) is 11.3 Å². The first-order chi connectivity index (χ1) is 8.44. The maximum absolute atomic E-state index is 11.3. The Morgan fingerprint density at radius 1 is 1.50 bits per heavy atom. The van der Waals surface area contributed by atoms with E-state index < -0.39 is 0 Å². The van der Waals surface area contributed by atoms with E-state index in [1.807, 2.05) is 19.9 Å². The van der Waals surface area contributed by atoms with E-state index in [1.54, 1.807) is 12.1 Å². The number of aliphatic hydroxyl groups excluding tert-OH is 1. The van der Waals surface area contributed by atoms with Crippen LogP contribution in [0.15, 0.2) is 23.3 Å². The topological polar surface area (TPSA) is 87.7 Å². The number of carbonyl (C=O) groups is 1. The Morgan fingerprint density at radius 3 is 2.78 bits per heavy atom. The van der Waals surface area contributed by atoms with Crippen molar-refractivity contribution in [1.29, 1.82) is 0 Å². The second-order valence-corrected chi connectivity index (χ2v) is 5.13. The van der Waals surface area contributed by atoms with Gasteiger partial charge in [-0.05, 0) is 6.07 Å². The third kappa shape index (κ3) is 2.22. The Morgan fingerprint density at radius 2 is 2.22 bits per heavy atom. The van der Waals surface area contributed by atoms with E-state index in [0.29, 0.717) is 17.7 Å². The summed E-state index contributed by atoms with van der Waals surface area (Å²) >= 11 is 0. The first-order valence-electron chi connectivity index (χ1n) is 5.80. The minimum atomic E-state index is -0.324. The molecule has 0 aliphatic carbocycles. The predicted molar refractivity (Wildman–Crippen MR) is 69.9 cm³/mol. The summed E-state index contributed by atoms with van der Waals surface area (Å²) in [6.07, 6.45) is 0.396. The van der Waals surface area contributed by atoms with Gasteiger partial charge < -0.3 is 10.8 Å². The van der Waals surface area contributed by atoms with Crippen LogP contribution in [0, 0.1) is 5.41 Å². The van der Waals surface area contributed by atoms with Gasteiger partial charge in [-0.1, -0.05) is 26.0 Å². The Bertz CT molecular complexity index is 521. The van der Waals surface area contributed by atoms with Crippen molar-refractivity contribution in [2.45, 2.75) is 26.9 Å². The van der Waals surface area contributed by atoms with E-state index in [9.17, 15) is 4.79 Å². The van der Waals surface area contributed by atoms with Gasteiger partial charge in [-0.25, -0.2) is 5.43 Å². The number of hydrogen-bond acceptors (Lipinski definition) is 4. The van der Waals surface area contributed by atoms with Crippen LogP contribution >= 0.6 is 0 Å². The van der Waals surface area contributed by atoms with Crippen molar-refractivity contribution in [2.75, 3.05) is 5.73 Å². The van der Waals surface area contributed by atoms with Crippen LogP contribution in [-0.2, 0) is 11.4 Å². The van der Waals surface area contributed by atoms with E-state index >= 15 is 0 Å². The standard InChI is InChI=1S/C13H17N3O2/c1-13(2)6-11(18)15-16-12(13)8-3-4-9(7-17)10(14)5-8/h3-5,17H,6-7,14H2,1-2H3,(H,15,18). The van der Waals surface area contributed by atoms with Crippen LogP contribution in [0.5, 0.6) is 0 Å². The molecule has 0 aromatic heterocycles. The minimum Gasteiger partial charge on any atom is -0.398 e. The molecular formula is C13H17N3O2. The molecule has 0 atom stereocenters. The number of rotatable bonds is 2. The molecule has 5 heteroatoms. The van der Waals surface area contributed by atoms with Crippen LogP contribution in [0.3, 0.4) is 0 Å². The van der Waals surface area contributed by atoms with E-state index in [2.05, 4.69) is 10.5 Å². The van der Waals surface area contributed by atoms with Crippen molar-refractivity contribution < 1.29 is 9.90 Å². The van der Waals surface area contributed by atoms with Crippen molar-refractivity contribution in [3.05, 3.63) is 29.3 Å². The van der Waals surface area contributed by atoms with Crippen LogP contribution in [-0.4, -0.2) is 16.7 Å². The number of nitrogen functional groups attached to an aromatic ring is 1. The SMILES string of the molecule is CC1(C)CC(=O)NN=C1c1ccc(CO)c(N)c1. The number of hydrogen-bond donors (Lipinski definition) is 3. The second-order valence-electron chi connectivity index (χ2n) is 5.13. The summed E-state index contributed by atoms with van der Waals surface area (Å²) in [6, 6.07) is 5.42. The zero-order valence-corrected chi connectivity index (χ0v) is 10.5. The van der Waals surface area contributed by atoms with Gasteiger partial charge in [-0.15, -0.1) is 0 Å². The van der Waals surface area contributed by atoms with Gasteiger partial charge in [0.05, 0.1) is 12.3 Å². The first kappa shape index (κ1) is 12.6. The highest BCUT2D eigenvalue weighted by Crippen LogP contribution is 2.30. The normalized spacial score (nSPS) is 18.2. The molecule has 1 aliphatic heterocycles. The number of amides is 1. The smallest absolute Gasteiger partial charge is 0.241 e. The quantitative estimate of drug-likeness (QED) is 0.681. The molecule has 5 nitrogen and oxygen atoms in total. The molecule has 0 bridgehead atoms. The third-order valence-corrected chi connectivity index (χ3v) is 3.13. The van der Waals surface area contributed by atoms with E-state index in [-0.39, 0.29) is 17.9 Å². The predicted octanol–water partition coefficient (Wildman–Crippen LogP) is 1.01. The number of aliphatic hydroxyl groups is 1. The Kier molecular flexibility index (Phi) is 3.09. The maximum Gasteiger partial charge on any atom is 0.241 e. The van der Waals surface area contributed by atoms with Crippen LogP contribution in [0.25, 0.3) is 0 Å². The molecule has 1 aromatic carbocycles. The average Bonchev–Trinajstić information content (AvgIpc) is 2.27. The van der Waals surface area contributed by atoms with Crippen molar-refractivity contribution in [2.24, 2.45) is 10.5 Å². The molecule has 18 heavy (non-hydrogen) atoms. The summed E-state index contributed by atoms with van der Waals surface area (Å²) in [5, 5.41) is 13.2. The van der Waals surface area contributed by atoms with Gasteiger partial charge in [0.1, 0.15) is 0 Å². The van der Waals surface area contributed by atoms with Crippen LogP contribution < -0.4 is 11.2 Å². The van der Waals surface area contributed by atoms with Crippen molar-refractivity contribution in [1.82, 2.24) is 5.43 Å². The summed E-state index contributed by atoms with van der Waals surface area (Å²) in [4.78, 5) is 11.3. The number of nitrogens with one attached hydrogen (secondary N) is 1. The number of nitrogens with two attached hydrogens (primary N) is 1. The molecule has 1 amide bonds. The van der Waals surface area contributed by atoms with Gasteiger partial charge in [-0.3, -0.25) is 4.79 Å². The number of benzene rings is 1. The highest BCUT2D eigenvalue weighted by molar-refractivity contribution is 6.08. The lowest BCUT2D eigenvalue weighted by atomic mass is 9.79. The van der Waals surface area contributed by atoms with Crippen LogP contribution in [0.2, 0.25) is 0 Å². The lowest BCUT2D eigenvalue weighted by Crippen LogP contribution is -2.39. The summed E-state index contributed by atoms with van der Waals surface area (Å²) in [7, 11) is 0. The van der Waals surface area contributed by atoms with Crippen molar-refractivity contribution in [3.63, 3.8) is 0 Å².